The molecule has 0 saturated carbocycles. The third-order valence-corrected chi connectivity index (χ3v) is 2.09. The predicted molar refractivity (Wildman–Crippen MR) is 57.7 cm³/mol. The topological polar surface area (TPSA) is 29.3 Å². The summed E-state index contributed by atoms with van der Waals surface area (Å²) >= 11 is 0. The van der Waals surface area contributed by atoms with Crippen molar-refractivity contribution in [3.8, 4) is 0 Å². The van der Waals surface area contributed by atoms with Gasteiger partial charge < -0.3 is 5.01 Å². The van der Waals surface area contributed by atoms with Crippen LogP contribution in [0.25, 0.3) is 0 Å². The van der Waals surface area contributed by atoms with Crippen molar-refractivity contribution in [2.75, 3.05) is 12.1 Å². The minimum atomic E-state index is 0.143. The van der Waals surface area contributed by atoms with E-state index in [2.05, 4.69) is 26.8 Å². The van der Waals surface area contributed by atoms with Crippen LogP contribution in [-0.2, 0) is 5.41 Å². The molecule has 1 aromatic carbocycles. The molecule has 2 heteroatoms. The molecular weight excluding hydrogens is 160 g/mol. The van der Waals surface area contributed by atoms with E-state index in [4.69, 9.17) is 5.84 Å². The Morgan fingerprint density at radius 1 is 1.15 bits per heavy atom. The van der Waals surface area contributed by atoms with Crippen LogP contribution in [0.4, 0.5) is 5.69 Å². The smallest absolute Gasteiger partial charge is 0.0551 e. The lowest BCUT2D eigenvalue weighted by atomic mass is 9.86. The molecule has 0 spiro atoms. The van der Waals surface area contributed by atoms with Gasteiger partial charge >= 0.3 is 0 Å². The fourth-order valence-corrected chi connectivity index (χ4v) is 1.42. The zero-order chi connectivity index (χ0) is 10.1. The van der Waals surface area contributed by atoms with Crippen LogP contribution in [0.2, 0.25) is 0 Å². The number of hydrogen-bond acceptors (Lipinski definition) is 2. The van der Waals surface area contributed by atoms with Gasteiger partial charge in [0.05, 0.1) is 5.69 Å². The fourth-order valence-electron chi connectivity index (χ4n) is 1.42. The predicted octanol–water partition coefficient (Wildman–Crippen LogP) is 2.29. The number of anilines is 1. The SMILES string of the molecule is CN(N)c1ccccc1C(C)(C)C. The molecule has 13 heavy (non-hydrogen) atoms. The van der Waals surface area contributed by atoms with E-state index in [0.29, 0.717) is 0 Å². The number of hydrogen-bond donors (Lipinski definition) is 1. The highest BCUT2D eigenvalue weighted by atomic mass is 15.4. The van der Waals surface area contributed by atoms with Crippen LogP contribution in [-0.4, -0.2) is 7.05 Å². The van der Waals surface area contributed by atoms with E-state index < -0.39 is 0 Å². The van der Waals surface area contributed by atoms with Gasteiger partial charge in [0.1, 0.15) is 0 Å². The lowest BCUT2D eigenvalue weighted by Crippen LogP contribution is -2.28. The maximum atomic E-state index is 5.74. The van der Waals surface area contributed by atoms with Crippen LogP contribution in [0, 0.1) is 0 Å². The zero-order valence-electron chi connectivity index (χ0n) is 8.83. The lowest BCUT2D eigenvalue weighted by Gasteiger charge is -2.25. The summed E-state index contributed by atoms with van der Waals surface area (Å²) in [5, 5.41) is 1.67. The van der Waals surface area contributed by atoms with Crippen molar-refractivity contribution in [1.82, 2.24) is 0 Å². The van der Waals surface area contributed by atoms with Crippen molar-refractivity contribution in [1.29, 1.82) is 0 Å². The minimum absolute atomic E-state index is 0.143. The molecule has 2 N–H and O–H groups in total. The third-order valence-electron chi connectivity index (χ3n) is 2.09. The Labute approximate surface area is 80.3 Å². The first-order valence-electron chi connectivity index (χ1n) is 4.51. The molecule has 1 aromatic rings. The van der Waals surface area contributed by atoms with Gasteiger partial charge in [-0.15, -0.1) is 0 Å². The number of benzene rings is 1. The molecule has 1 rings (SSSR count). The summed E-state index contributed by atoms with van der Waals surface area (Å²) in [5.41, 5.74) is 2.51. The van der Waals surface area contributed by atoms with Gasteiger partial charge in [0.15, 0.2) is 0 Å². The van der Waals surface area contributed by atoms with Gasteiger partial charge in [-0.3, -0.25) is 0 Å². The van der Waals surface area contributed by atoms with E-state index in [0.717, 1.165) is 5.69 Å². The quantitative estimate of drug-likeness (QED) is 0.528. The van der Waals surface area contributed by atoms with Crippen LogP contribution in [0.15, 0.2) is 24.3 Å². The Bertz CT molecular complexity index is 284. The Hall–Kier alpha value is -1.02. The van der Waals surface area contributed by atoms with E-state index in [9.17, 15) is 0 Å². The molecular formula is C11H18N2. The molecule has 0 bridgehead atoms. The summed E-state index contributed by atoms with van der Waals surface area (Å²) in [6, 6.07) is 8.22. The molecule has 0 aliphatic rings. The van der Waals surface area contributed by atoms with Crippen molar-refractivity contribution in [2.24, 2.45) is 5.84 Å². The zero-order valence-corrected chi connectivity index (χ0v) is 8.83. The van der Waals surface area contributed by atoms with Crippen LogP contribution in [0.5, 0.6) is 0 Å². The molecule has 0 saturated heterocycles. The summed E-state index contributed by atoms with van der Waals surface area (Å²) < 4.78 is 0. The first-order valence-corrected chi connectivity index (χ1v) is 4.51. The number of nitrogens with two attached hydrogens (primary N) is 1. The summed E-state index contributed by atoms with van der Waals surface area (Å²) in [5.74, 6) is 5.74. The maximum absolute atomic E-state index is 5.74. The Kier molecular flexibility index (Phi) is 2.62. The molecule has 0 fully saturated rings. The Balaban J connectivity index is 3.20. The highest BCUT2D eigenvalue weighted by molar-refractivity contribution is 5.54. The summed E-state index contributed by atoms with van der Waals surface area (Å²) in [4.78, 5) is 0. The highest BCUT2D eigenvalue weighted by Gasteiger charge is 2.17. The van der Waals surface area contributed by atoms with Gasteiger partial charge in [-0.25, -0.2) is 5.84 Å². The molecule has 0 radical (unpaired) electrons. The van der Waals surface area contributed by atoms with Gasteiger partial charge in [0.2, 0.25) is 0 Å². The van der Waals surface area contributed by atoms with Crippen molar-refractivity contribution in [3.05, 3.63) is 29.8 Å². The first kappa shape index (κ1) is 10.1. The molecule has 0 aliphatic carbocycles. The van der Waals surface area contributed by atoms with E-state index >= 15 is 0 Å². The second-order valence-corrected chi connectivity index (χ2v) is 4.38. The first-order chi connectivity index (χ1) is 5.93. The molecule has 0 atom stereocenters. The number of para-hydroxylation sites is 1. The second-order valence-electron chi connectivity index (χ2n) is 4.38. The second kappa shape index (κ2) is 3.38. The maximum Gasteiger partial charge on any atom is 0.0551 e. The van der Waals surface area contributed by atoms with Gasteiger partial charge in [-0.1, -0.05) is 39.0 Å². The van der Waals surface area contributed by atoms with Crippen molar-refractivity contribution in [3.63, 3.8) is 0 Å². The number of rotatable bonds is 1. The molecule has 0 unspecified atom stereocenters. The van der Waals surface area contributed by atoms with Crippen LogP contribution < -0.4 is 10.9 Å². The van der Waals surface area contributed by atoms with Gasteiger partial charge in [0, 0.05) is 7.05 Å². The molecule has 0 aromatic heterocycles. The standard InChI is InChI=1S/C11H18N2/c1-11(2,3)9-7-5-6-8-10(9)13(4)12/h5-8H,12H2,1-4H3. The summed E-state index contributed by atoms with van der Waals surface area (Å²) in [6.07, 6.45) is 0. The number of hydrazine groups is 1. The van der Waals surface area contributed by atoms with Crippen LogP contribution >= 0.6 is 0 Å². The average Bonchev–Trinajstić information content (AvgIpc) is 2.03. The van der Waals surface area contributed by atoms with Crippen molar-refractivity contribution >= 4 is 5.69 Å². The van der Waals surface area contributed by atoms with Crippen molar-refractivity contribution in [2.45, 2.75) is 26.2 Å². The fraction of sp³-hybridized carbons (Fsp3) is 0.455. The Morgan fingerprint density at radius 3 is 2.08 bits per heavy atom. The minimum Gasteiger partial charge on any atom is -0.314 e. The normalized spacial score (nSPS) is 11.5. The number of nitrogens with zero attached hydrogens (tertiary/aromatic N) is 1. The Morgan fingerprint density at radius 2 is 1.69 bits per heavy atom. The van der Waals surface area contributed by atoms with Crippen LogP contribution in [0.1, 0.15) is 26.3 Å². The molecule has 2 nitrogen and oxygen atoms in total. The molecule has 72 valence electrons. The van der Waals surface area contributed by atoms with Crippen LogP contribution in [0.3, 0.4) is 0 Å². The van der Waals surface area contributed by atoms with Gasteiger partial charge in [-0.05, 0) is 17.0 Å². The highest BCUT2D eigenvalue weighted by Crippen LogP contribution is 2.29. The average molecular weight is 178 g/mol. The van der Waals surface area contributed by atoms with E-state index in [1.165, 1.54) is 5.56 Å². The lowest BCUT2D eigenvalue weighted by molar-refractivity contribution is 0.589. The molecule has 0 heterocycles. The molecule has 0 amide bonds. The van der Waals surface area contributed by atoms with E-state index in [1.807, 2.05) is 25.2 Å². The largest absolute Gasteiger partial charge is 0.314 e. The summed E-state index contributed by atoms with van der Waals surface area (Å²) in [6.45, 7) is 6.57. The molecule has 0 aliphatic heterocycles. The third kappa shape index (κ3) is 2.22. The van der Waals surface area contributed by atoms with Gasteiger partial charge in [-0.2, -0.15) is 0 Å². The monoisotopic (exact) mass is 178 g/mol. The van der Waals surface area contributed by atoms with E-state index in [-0.39, 0.29) is 5.41 Å². The van der Waals surface area contributed by atoms with Crippen molar-refractivity contribution < 1.29 is 0 Å². The summed E-state index contributed by atoms with van der Waals surface area (Å²) in [7, 11) is 1.87. The van der Waals surface area contributed by atoms with Gasteiger partial charge in [0.25, 0.3) is 0 Å². The van der Waals surface area contributed by atoms with E-state index in [1.54, 1.807) is 5.01 Å².